The van der Waals surface area contributed by atoms with Crippen molar-refractivity contribution in [3.63, 3.8) is 0 Å². The monoisotopic (exact) mass is 429 g/mol. The maximum absolute atomic E-state index is 11.8. The lowest BCUT2D eigenvalue weighted by Gasteiger charge is -2.47. The van der Waals surface area contributed by atoms with Crippen molar-refractivity contribution < 1.29 is 38.3 Å². The molecule has 31 heavy (non-hydrogen) atoms. The molecule has 3 heterocycles. The number of benzene rings is 2. The van der Waals surface area contributed by atoms with Crippen molar-refractivity contribution in [1.29, 1.82) is 0 Å². The molecule has 3 aliphatic rings. The van der Waals surface area contributed by atoms with E-state index in [4.69, 9.17) is 28.4 Å². The van der Waals surface area contributed by atoms with Gasteiger partial charge in [0.2, 0.25) is 19.0 Å². The molecule has 3 aliphatic heterocycles. The Labute approximate surface area is 178 Å². The van der Waals surface area contributed by atoms with Crippen molar-refractivity contribution in [3.05, 3.63) is 54.1 Å². The van der Waals surface area contributed by atoms with Gasteiger partial charge in [-0.25, -0.2) is 0 Å². The minimum Gasteiger partial charge on any atom is -0.462 e. The molecule has 164 valence electrons. The topological polar surface area (TPSA) is 105 Å². The van der Waals surface area contributed by atoms with Gasteiger partial charge in [-0.3, -0.25) is 4.79 Å². The van der Waals surface area contributed by atoms with Crippen molar-refractivity contribution in [1.82, 2.24) is 5.32 Å². The van der Waals surface area contributed by atoms with Gasteiger partial charge in [0.05, 0.1) is 6.61 Å². The number of aliphatic hydroxyl groups is 1. The van der Waals surface area contributed by atoms with Crippen molar-refractivity contribution >= 4 is 5.91 Å². The summed E-state index contributed by atoms with van der Waals surface area (Å²) >= 11 is 0. The maximum atomic E-state index is 11.8. The first kappa shape index (κ1) is 20.1. The van der Waals surface area contributed by atoms with Gasteiger partial charge in [-0.2, -0.15) is 0 Å². The van der Waals surface area contributed by atoms with E-state index in [1.807, 2.05) is 30.3 Å². The van der Waals surface area contributed by atoms with Gasteiger partial charge < -0.3 is 38.8 Å². The van der Waals surface area contributed by atoms with Crippen LogP contribution in [0.5, 0.6) is 17.2 Å². The number of ether oxygens (including phenoxy) is 6. The lowest BCUT2D eigenvalue weighted by atomic mass is 9.95. The van der Waals surface area contributed by atoms with Crippen LogP contribution in [0.4, 0.5) is 0 Å². The van der Waals surface area contributed by atoms with Gasteiger partial charge in [-0.05, 0) is 12.1 Å². The van der Waals surface area contributed by atoms with Crippen LogP contribution in [0, 0.1) is 0 Å². The van der Waals surface area contributed by atoms with Crippen LogP contribution >= 0.6 is 0 Å². The Kier molecular flexibility index (Phi) is 5.41. The third-order valence-corrected chi connectivity index (χ3v) is 5.40. The lowest BCUT2D eigenvalue weighted by Crippen LogP contribution is -2.67. The molecule has 6 unspecified atom stereocenters. The van der Waals surface area contributed by atoms with E-state index >= 15 is 0 Å². The second kappa shape index (κ2) is 8.35. The van der Waals surface area contributed by atoms with Gasteiger partial charge in [0.25, 0.3) is 0 Å². The summed E-state index contributed by atoms with van der Waals surface area (Å²) in [7, 11) is 0. The summed E-state index contributed by atoms with van der Waals surface area (Å²) in [6.07, 6.45) is -3.94. The van der Waals surface area contributed by atoms with Crippen molar-refractivity contribution in [3.8, 4) is 17.2 Å². The zero-order chi connectivity index (χ0) is 21.4. The average molecular weight is 429 g/mol. The van der Waals surface area contributed by atoms with E-state index < -0.39 is 36.9 Å². The highest BCUT2D eigenvalue weighted by molar-refractivity contribution is 5.73. The molecule has 2 fully saturated rings. The van der Waals surface area contributed by atoms with Crippen LogP contribution in [0.25, 0.3) is 0 Å². The van der Waals surface area contributed by atoms with Crippen molar-refractivity contribution in [2.24, 2.45) is 0 Å². The highest BCUT2D eigenvalue weighted by atomic mass is 16.7. The molecular weight excluding hydrogens is 406 g/mol. The molecule has 1 amide bonds. The molecule has 6 atom stereocenters. The van der Waals surface area contributed by atoms with E-state index in [9.17, 15) is 9.90 Å². The van der Waals surface area contributed by atoms with E-state index in [1.165, 1.54) is 6.92 Å². The maximum Gasteiger partial charge on any atom is 0.231 e. The highest BCUT2D eigenvalue weighted by Gasteiger charge is 2.50. The predicted octanol–water partition coefficient (Wildman–Crippen LogP) is 1.50. The molecule has 2 saturated heterocycles. The Morgan fingerprint density at radius 3 is 2.71 bits per heavy atom. The van der Waals surface area contributed by atoms with Gasteiger partial charge in [-0.1, -0.05) is 30.3 Å². The smallest absolute Gasteiger partial charge is 0.231 e. The van der Waals surface area contributed by atoms with Crippen LogP contribution in [0.3, 0.4) is 0 Å². The summed E-state index contributed by atoms with van der Waals surface area (Å²) in [5.41, 5.74) is 0.836. The molecular formula is C22H23NO8. The van der Waals surface area contributed by atoms with Crippen LogP contribution in [0.1, 0.15) is 18.8 Å². The number of nitrogens with one attached hydrogen (secondary N) is 1. The number of rotatable bonds is 4. The van der Waals surface area contributed by atoms with Gasteiger partial charge in [0, 0.05) is 18.6 Å². The largest absolute Gasteiger partial charge is 0.462 e. The summed E-state index contributed by atoms with van der Waals surface area (Å²) in [6.45, 7) is 1.72. The summed E-state index contributed by atoms with van der Waals surface area (Å²) < 4.78 is 34.6. The molecule has 9 heteroatoms. The molecule has 2 aromatic carbocycles. The van der Waals surface area contributed by atoms with Crippen LogP contribution in [-0.4, -0.2) is 55.1 Å². The molecule has 2 aromatic rings. The number of fused-ring (bicyclic) bond motifs is 2. The molecule has 9 nitrogen and oxygen atoms in total. The number of aliphatic hydroxyl groups excluding tert-OH is 1. The Bertz CT molecular complexity index is 938. The predicted molar refractivity (Wildman–Crippen MR) is 105 cm³/mol. The zero-order valence-electron chi connectivity index (χ0n) is 16.8. The fraction of sp³-hybridized carbons (Fsp3) is 0.409. The highest BCUT2D eigenvalue weighted by Crippen LogP contribution is 2.38. The number of carbonyl (C=O) groups excluding carboxylic acids is 1. The number of hydrogen-bond acceptors (Lipinski definition) is 8. The number of carbonyl (C=O) groups is 1. The van der Waals surface area contributed by atoms with Crippen LogP contribution < -0.4 is 19.5 Å². The summed E-state index contributed by atoms with van der Waals surface area (Å²) in [4.78, 5) is 11.8. The van der Waals surface area contributed by atoms with E-state index in [-0.39, 0.29) is 19.3 Å². The number of hydrogen-bond donors (Lipinski definition) is 2. The molecule has 0 aliphatic carbocycles. The second-order valence-electron chi connectivity index (χ2n) is 7.57. The quantitative estimate of drug-likeness (QED) is 0.754. The van der Waals surface area contributed by atoms with Crippen molar-refractivity contribution in [2.75, 3.05) is 13.4 Å². The van der Waals surface area contributed by atoms with Crippen LogP contribution in [0.15, 0.2) is 48.5 Å². The zero-order valence-corrected chi connectivity index (χ0v) is 16.8. The first-order valence-electron chi connectivity index (χ1n) is 10.1. The Morgan fingerprint density at radius 2 is 1.90 bits per heavy atom. The molecule has 0 bridgehead atoms. The molecule has 5 rings (SSSR count). The van der Waals surface area contributed by atoms with Gasteiger partial charge in [0.1, 0.15) is 30.1 Å². The Hall–Kier alpha value is -2.85. The third kappa shape index (κ3) is 4.05. The Balaban J connectivity index is 1.35. The molecule has 0 radical (unpaired) electrons. The summed E-state index contributed by atoms with van der Waals surface area (Å²) in [6, 6.07) is 13.7. The number of amides is 1. The minimum atomic E-state index is -1.07. The normalized spacial score (nSPS) is 31.5. The average Bonchev–Trinajstić information content (AvgIpc) is 3.25. The van der Waals surface area contributed by atoms with Gasteiger partial charge in [0.15, 0.2) is 17.8 Å². The van der Waals surface area contributed by atoms with Gasteiger partial charge >= 0.3 is 0 Å². The molecule has 0 spiro atoms. The summed E-state index contributed by atoms with van der Waals surface area (Å²) in [5.74, 6) is 1.31. The standard InChI is InChI=1S/C22H23NO8/c1-12(24)23-18-19(25)20-17(10-26-21(31-20)13-5-3-2-4-6-13)30-22(18)29-14-7-8-15-16(9-14)28-11-27-15/h2-9,17-22,25H,10-11H2,1H3,(H,23,24). The first-order chi connectivity index (χ1) is 15.1. The molecule has 0 aromatic heterocycles. The fourth-order valence-electron chi connectivity index (χ4n) is 3.94. The van der Waals surface area contributed by atoms with Crippen LogP contribution in [0.2, 0.25) is 0 Å². The van der Waals surface area contributed by atoms with E-state index in [2.05, 4.69) is 5.32 Å². The molecule has 2 N–H and O–H groups in total. The Morgan fingerprint density at radius 1 is 1.10 bits per heavy atom. The fourth-order valence-corrected chi connectivity index (χ4v) is 3.94. The van der Waals surface area contributed by atoms with Gasteiger partial charge in [-0.15, -0.1) is 0 Å². The second-order valence-corrected chi connectivity index (χ2v) is 7.57. The van der Waals surface area contributed by atoms with E-state index in [1.54, 1.807) is 18.2 Å². The lowest BCUT2D eigenvalue weighted by molar-refractivity contribution is -0.333. The van der Waals surface area contributed by atoms with E-state index in [0.717, 1.165) is 5.56 Å². The van der Waals surface area contributed by atoms with Crippen LogP contribution in [-0.2, 0) is 19.0 Å². The van der Waals surface area contributed by atoms with E-state index in [0.29, 0.717) is 17.2 Å². The minimum absolute atomic E-state index is 0.146. The molecule has 0 saturated carbocycles. The third-order valence-electron chi connectivity index (χ3n) is 5.40. The SMILES string of the molecule is CC(=O)NC1C(Oc2ccc3c(c2)OCO3)OC2COC(c3ccccc3)OC2C1O. The summed E-state index contributed by atoms with van der Waals surface area (Å²) in [5, 5.41) is 13.8. The van der Waals surface area contributed by atoms with Crippen molar-refractivity contribution in [2.45, 2.75) is 43.9 Å². The first-order valence-corrected chi connectivity index (χ1v) is 10.1.